The zero-order chi connectivity index (χ0) is 10.5. The number of hydrogen-bond donors (Lipinski definition) is 1. The summed E-state index contributed by atoms with van der Waals surface area (Å²) < 4.78 is 5.58. The molecule has 0 radical (unpaired) electrons. The fourth-order valence-electron chi connectivity index (χ4n) is 1.99. The average molecular weight is 206 g/mol. The molecule has 2 rings (SSSR count). The van der Waals surface area contributed by atoms with E-state index in [4.69, 9.17) is 4.74 Å². The van der Waals surface area contributed by atoms with Crippen molar-refractivity contribution >= 4 is 0 Å². The van der Waals surface area contributed by atoms with Crippen molar-refractivity contribution in [3.63, 3.8) is 0 Å². The van der Waals surface area contributed by atoms with Gasteiger partial charge in [0.25, 0.3) is 0 Å². The Bertz CT molecular complexity index is 288. The van der Waals surface area contributed by atoms with Crippen LogP contribution in [0.5, 0.6) is 0 Å². The molecule has 1 atom stereocenters. The number of rotatable bonds is 4. The standard InChI is InChI=1S/C13H19NO/c1-11-4-6-12(7-5-11)9-14-10-13-3-2-8-15-13/h4-7,13-14H,2-3,8-10H2,1H3/p+1/t13-/m1/s1. The van der Waals surface area contributed by atoms with Gasteiger partial charge in [-0.25, -0.2) is 0 Å². The molecule has 1 saturated heterocycles. The summed E-state index contributed by atoms with van der Waals surface area (Å²) in [5.74, 6) is 0. The van der Waals surface area contributed by atoms with Gasteiger partial charge in [0.2, 0.25) is 0 Å². The van der Waals surface area contributed by atoms with E-state index in [1.807, 2.05) is 0 Å². The molecule has 82 valence electrons. The first-order valence-corrected chi connectivity index (χ1v) is 5.83. The third kappa shape index (κ3) is 3.33. The van der Waals surface area contributed by atoms with E-state index in [-0.39, 0.29) is 0 Å². The quantitative estimate of drug-likeness (QED) is 0.788. The molecule has 15 heavy (non-hydrogen) atoms. The second kappa shape index (κ2) is 5.29. The summed E-state index contributed by atoms with van der Waals surface area (Å²) in [5, 5.41) is 2.35. The van der Waals surface area contributed by atoms with E-state index in [1.165, 1.54) is 24.0 Å². The summed E-state index contributed by atoms with van der Waals surface area (Å²) in [6.45, 7) is 5.26. The average Bonchev–Trinajstić information content (AvgIpc) is 2.74. The smallest absolute Gasteiger partial charge is 0.106 e. The van der Waals surface area contributed by atoms with Gasteiger partial charge in [-0.2, -0.15) is 0 Å². The Morgan fingerprint density at radius 3 is 2.80 bits per heavy atom. The minimum atomic E-state index is 0.496. The predicted octanol–water partition coefficient (Wildman–Crippen LogP) is 1.24. The molecule has 0 aromatic heterocycles. The second-order valence-electron chi connectivity index (χ2n) is 4.35. The molecule has 0 saturated carbocycles. The number of hydrogen-bond acceptors (Lipinski definition) is 1. The maximum Gasteiger partial charge on any atom is 0.106 e. The Balaban J connectivity index is 1.71. The van der Waals surface area contributed by atoms with Gasteiger partial charge in [-0.3, -0.25) is 0 Å². The van der Waals surface area contributed by atoms with E-state index in [2.05, 4.69) is 36.5 Å². The van der Waals surface area contributed by atoms with Crippen LogP contribution in [0.1, 0.15) is 24.0 Å². The molecule has 1 aliphatic heterocycles. The van der Waals surface area contributed by atoms with E-state index >= 15 is 0 Å². The number of quaternary nitrogens is 1. The highest BCUT2D eigenvalue weighted by Gasteiger charge is 2.16. The topological polar surface area (TPSA) is 25.8 Å². The van der Waals surface area contributed by atoms with E-state index in [0.717, 1.165) is 19.7 Å². The molecular weight excluding hydrogens is 186 g/mol. The number of aryl methyl sites for hydroxylation is 1. The van der Waals surface area contributed by atoms with Gasteiger partial charge in [0.05, 0.1) is 0 Å². The molecule has 1 aliphatic rings. The Kier molecular flexibility index (Phi) is 3.75. The summed E-state index contributed by atoms with van der Waals surface area (Å²) in [5.41, 5.74) is 2.73. The molecule has 2 nitrogen and oxygen atoms in total. The molecule has 2 heteroatoms. The van der Waals surface area contributed by atoms with Gasteiger partial charge in [0.15, 0.2) is 0 Å². The van der Waals surface area contributed by atoms with Gasteiger partial charge in [-0.1, -0.05) is 29.8 Å². The van der Waals surface area contributed by atoms with Crippen LogP contribution in [-0.4, -0.2) is 19.3 Å². The maximum atomic E-state index is 5.58. The largest absolute Gasteiger partial charge is 0.372 e. The number of nitrogens with two attached hydrogens (primary N) is 1. The Labute approximate surface area is 91.6 Å². The third-order valence-corrected chi connectivity index (χ3v) is 2.95. The molecule has 2 N–H and O–H groups in total. The van der Waals surface area contributed by atoms with E-state index < -0.39 is 0 Å². The van der Waals surface area contributed by atoms with Crippen LogP contribution in [0.4, 0.5) is 0 Å². The van der Waals surface area contributed by atoms with E-state index in [0.29, 0.717) is 6.10 Å². The normalized spacial score (nSPS) is 20.7. The van der Waals surface area contributed by atoms with Crippen LogP contribution in [-0.2, 0) is 11.3 Å². The summed E-state index contributed by atoms with van der Waals surface area (Å²) in [6, 6.07) is 8.77. The van der Waals surface area contributed by atoms with Gasteiger partial charge in [0.1, 0.15) is 19.2 Å². The lowest BCUT2D eigenvalue weighted by Crippen LogP contribution is -2.84. The molecule has 1 aromatic carbocycles. The highest BCUT2D eigenvalue weighted by Crippen LogP contribution is 2.09. The molecule has 0 spiro atoms. The van der Waals surface area contributed by atoms with Gasteiger partial charge in [-0.05, 0) is 19.8 Å². The molecule has 0 amide bonds. The number of benzene rings is 1. The molecule has 0 bridgehead atoms. The summed E-state index contributed by atoms with van der Waals surface area (Å²) in [6.07, 6.45) is 2.98. The molecule has 0 aliphatic carbocycles. The van der Waals surface area contributed by atoms with Gasteiger partial charge in [0, 0.05) is 12.2 Å². The van der Waals surface area contributed by atoms with Crippen molar-refractivity contribution in [1.82, 2.24) is 0 Å². The van der Waals surface area contributed by atoms with Crippen molar-refractivity contribution in [1.29, 1.82) is 0 Å². The van der Waals surface area contributed by atoms with E-state index in [1.54, 1.807) is 0 Å². The summed E-state index contributed by atoms with van der Waals surface area (Å²) >= 11 is 0. The molecule has 1 heterocycles. The summed E-state index contributed by atoms with van der Waals surface area (Å²) in [7, 11) is 0. The van der Waals surface area contributed by atoms with Crippen molar-refractivity contribution in [2.45, 2.75) is 32.4 Å². The highest BCUT2D eigenvalue weighted by atomic mass is 16.5. The second-order valence-corrected chi connectivity index (χ2v) is 4.35. The van der Waals surface area contributed by atoms with Crippen LogP contribution in [0.3, 0.4) is 0 Å². The highest BCUT2D eigenvalue weighted by molar-refractivity contribution is 5.20. The van der Waals surface area contributed by atoms with Gasteiger partial charge < -0.3 is 10.1 Å². The van der Waals surface area contributed by atoms with Crippen molar-refractivity contribution in [2.75, 3.05) is 13.2 Å². The van der Waals surface area contributed by atoms with Gasteiger partial charge >= 0.3 is 0 Å². The van der Waals surface area contributed by atoms with Crippen LogP contribution < -0.4 is 5.32 Å². The predicted molar refractivity (Wildman–Crippen MR) is 60.6 cm³/mol. The minimum absolute atomic E-state index is 0.496. The summed E-state index contributed by atoms with van der Waals surface area (Å²) in [4.78, 5) is 0. The van der Waals surface area contributed by atoms with Crippen LogP contribution >= 0.6 is 0 Å². The molecule has 1 fully saturated rings. The van der Waals surface area contributed by atoms with Crippen molar-refractivity contribution < 1.29 is 10.1 Å². The fraction of sp³-hybridized carbons (Fsp3) is 0.538. The van der Waals surface area contributed by atoms with Crippen LogP contribution in [0.15, 0.2) is 24.3 Å². The first-order valence-electron chi connectivity index (χ1n) is 5.83. The van der Waals surface area contributed by atoms with E-state index in [9.17, 15) is 0 Å². The Morgan fingerprint density at radius 1 is 1.33 bits per heavy atom. The van der Waals surface area contributed by atoms with Crippen LogP contribution in [0.2, 0.25) is 0 Å². The third-order valence-electron chi connectivity index (χ3n) is 2.95. The lowest BCUT2D eigenvalue weighted by Gasteiger charge is -2.07. The van der Waals surface area contributed by atoms with Gasteiger partial charge in [-0.15, -0.1) is 0 Å². The zero-order valence-electron chi connectivity index (χ0n) is 9.41. The lowest BCUT2D eigenvalue weighted by molar-refractivity contribution is -0.676. The fourth-order valence-corrected chi connectivity index (χ4v) is 1.99. The SMILES string of the molecule is Cc1ccc(C[NH2+]C[C@H]2CCCO2)cc1. The van der Waals surface area contributed by atoms with Crippen molar-refractivity contribution in [2.24, 2.45) is 0 Å². The first-order chi connectivity index (χ1) is 7.34. The monoisotopic (exact) mass is 206 g/mol. The molecule has 1 aromatic rings. The lowest BCUT2D eigenvalue weighted by atomic mass is 10.1. The van der Waals surface area contributed by atoms with Crippen LogP contribution in [0, 0.1) is 6.92 Å². The number of ether oxygens (including phenoxy) is 1. The van der Waals surface area contributed by atoms with Crippen LogP contribution in [0.25, 0.3) is 0 Å². The Morgan fingerprint density at radius 2 is 2.13 bits per heavy atom. The molecule has 0 unspecified atom stereocenters. The van der Waals surface area contributed by atoms with Crippen molar-refractivity contribution in [3.8, 4) is 0 Å². The zero-order valence-corrected chi connectivity index (χ0v) is 9.41. The molecular formula is C13H20NO+. The maximum absolute atomic E-state index is 5.58. The minimum Gasteiger partial charge on any atom is -0.372 e. The van der Waals surface area contributed by atoms with Crippen molar-refractivity contribution in [3.05, 3.63) is 35.4 Å². The first kappa shape index (κ1) is 10.7. The Hall–Kier alpha value is -0.860.